The maximum atomic E-state index is 12.4. The van der Waals surface area contributed by atoms with E-state index in [9.17, 15) is 4.21 Å². The van der Waals surface area contributed by atoms with Gasteiger partial charge in [-0.05, 0) is 31.2 Å². The van der Waals surface area contributed by atoms with Gasteiger partial charge in [0.15, 0.2) is 0 Å². The number of benzene rings is 2. The highest BCUT2D eigenvalue weighted by atomic mass is 35.5. The molecule has 2 N–H and O–H groups in total. The third kappa shape index (κ3) is 4.30. The van der Waals surface area contributed by atoms with Crippen molar-refractivity contribution in [2.45, 2.75) is 17.9 Å². The second-order valence-corrected chi connectivity index (χ2v) is 6.48. The van der Waals surface area contributed by atoms with Crippen LogP contribution in [-0.2, 0) is 10.8 Å². The zero-order chi connectivity index (χ0) is 15.2. The lowest BCUT2D eigenvalue weighted by atomic mass is 10.1. The fourth-order valence-electron chi connectivity index (χ4n) is 2.03. The third-order valence-electron chi connectivity index (χ3n) is 3.01. The Morgan fingerprint density at radius 2 is 2.00 bits per heavy atom. The third-order valence-corrected chi connectivity index (χ3v) is 4.68. The Morgan fingerprint density at radius 3 is 2.71 bits per heavy atom. The summed E-state index contributed by atoms with van der Waals surface area (Å²) >= 11 is 5.92. The summed E-state index contributed by atoms with van der Waals surface area (Å²) in [5.41, 5.74) is 7.07. The van der Waals surface area contributed by atoms with Crippen LogP contribution in [0.1, 0.15) is 18.5 Å². The number of hydrogen-bond acceptors (Lipinski definition) is 3. The summed E-state index contributed by atoms with van der Waals surface area (Å²) in [4.78, 5) is 0.687. The van der Waals surface area contributed by atoms with E-state index in [4.69, 9.17) is 22.1 Å². The van der Waals surface area contributed by atoms with E-state index >= 15 is 0 Å². The molecule has 0 aliphatic rings. The first-order valence-corrected chi connectivity index (χ1v) is 8.42. The van der Waals surface area contributed by atoms with Crippen LogP contribution < -0.4 is 10.5 Å². The van der Waals surface area contributed by atoms with Gasteiger partial charge in [0.05, 0.1) is 17.4 Å². The van der Waals surface area contributed by atoms with Crippen molar-refractivity contribution in [3.05, 3.63) is 59.1 Å². The summed E-state index contributed by atoms with van der Waals surface area (Å²) in [5.74, 6) is 1.07. The van der Waals surface area contributed by atoms with Crippen LogP contribution in [0.2, 0.25) is 5.02 Å². The first kappa shape index (κ1) is 16.0. The van der Waals surface area contributed by atoms with Gasteiger partial charge in [-0.15, -0.1) is 0 Å². The molecule has 0 fully saturated rings. The molecule has 112 valence electrons. The van der Waals surface area contributed by atoms with Crippen LogP contribution in [0, 0.1) is 0 Å². The summed E-state index contributed by atoms with van der Waals surface area (Å²) in [6.07, 6.45) is 0. The monoisotopic (exact) mass is 323 g/mol. The molecule has 2 aromatic carbocycles. The van der Waals surface area contributed by atoms with Crippen LogP contribution in [-0.4, -0.2) is 16.6 Å². The molecule has 2 aromatic rings. The Labute approximate surface area is 132 Å². The van der Waals surface area contributed by atoms with Crippen LogP contribution in [0.5, 0.6) is 5.75 Å². The molecule has 3 nitrogen and oxygen atoms in total. The maximum absolute atomic E-state index is 12.4. The molecule has 0 bridgehead atoms. The lowest BCUT2D eigenvalue weighted by Crippen LogP contribution is -2.19. The van der Waals surface area contributed by atoms with Gasteiger partial charge in [0.25, 0.3) is 0 Å². The van der Waals surface area contributed by atoms with E-state index in [-0.39, 0.29) is 6.04 Å². The molecule has 0 amide bonds. The molecule has 2 atom stereocenters. The largest absolute Gasteiger partial charge is 0.494 e. The average Bonchev–Trinajstić information content (AvgIpc) is 2.48. The van der Waals surface area contributed by atoms with Gasteiger partial charge < -0.3 is 10.5 Å². The topological polar surface area (TPSA) is 52.3 Å². The van der Waals surface area contributed by atoms with Gasteiger partial charge >= 0.3 is 0 Å². The zero-order valence-corrected chi connectivity index (χ0v) is 13.4. The molecule has 0 heterocycles. The summed E-state index contributed by atoms with van der Waals surface area (Å²) in [6.45, 7) is 2.49. The predicted octanol–water partition coefficient (Wildman–Crippen LogP) is 3.55. The predicted molar refractivity (Wildman–Crippen MR) is 87.3 cm³/mol. The van der Waals surface area contributed by atoms with Gasteiger partial charge in [0.2, 0.25) is 0 Å². The summed E-state index contributed by atoms with van der Waals surface area (Å²) < 4.78 is 17.9. The molecule has 0 aliphatic carbocycles. The molecule has 0 radical (unpaired) electrons. The first-order chi connectivity index (χ1) is 10.1. The number of ether oxygens (including phenoxy) is 1. The quantitative estimate of drug-likeness (QED) is 0.884. The lowest BCUT2D eigenvalue weighted by molar-refractivity contribution is 0.335. The maximum Gasteiger partial charge on any atom is 0.124 e. The van der Waals surface area contributed by atoms with Crippen molar-refractivity contribution in [2.24, 2.45) is 5.73 Å². The van der Waals surface area contributed by atoms with E-state index in [1.54, 1.807) is 24.3 Å². The minimum absolute atomic E-state index is 0.324. The Balaban J connectivity index is 2.14. The zero-order valence-electron chi connectivity index (χ0n) is 11.8. The van der Waals surface area contributed by atoms with Crippen molar-refractivity contribution in [1.82, 2.24) is 0 Å². The van der Waals surface area contributed by atoms with E-state index in [1.807, 2.05) is 31.2 Å². The number of halogens is 1. The average molecular weight is 324 g/mol. The molecule has 0 aromatic heterocycles. The van der Waals surface area contributed by atoms with Crippen molar-refractivity contribution < 1.29 is 8.95 Å². The summed E-state index contributed by atoms with van der Waals surface area (Å²) in [5, 5.41) is 0.573. The molecular formula is C16H18ClNO2S. The molecule has 0 saturated carbocycles. The normalized spacial score (nSPS) is 13.7. The Bertz CT molecular complexity index is 633. The van der Waals surface area contributed by atoms with Gasteiger partial charge in [-0.3, -0.25) is 4.21 Å². The summed E-state index contributed by atoms with van der Waals surface area (Å²) in [7, 11) is -1.20. The van der Waals surface area contributed by atoms with Crippen molar-refractivity contribution in [1.29, 1.82) is 0 Å². The fraction of sp³-hybridized carbons (Fsp3) is 0.250. The van der Waals surface area contributed by atoms with Crippen molar-refractivity contribution in [3.63, 3.8) is 0 Å². The molecule has 21 heavy (non-hydrogen) atoms. The molecule has 5 heteroatoms. The van der Waals surface area contributed by atoms with E-state index in [1.165, 1.54) is 0 Å². The van der Waals surface area contributed by atoms with Crippen LogP contribution >= 0.6 is 11.6 Å². The van der Waals surface area contributed by atoms with Crippen molar-refractivity contribution in [2.75, 3.05) is 12.4 Å². The second kappa shape index (κ2) is 7.59. The van der Waals surface area contributed by atoms with Crippen LogP contribution in [0.15, 0.2) is 53.4 Å². The Morgan fingerprint density at radius 1 is 1.24 bits per heavy atom. The highest BCUT2D eigenvalue weighted by Gasteiger charge is 2.16. The second-order valence-electron chi connectivity index (χ2n) is 4.55. The number of nitrogens with two attached hydrogens (primary N) is 1. The lowest BCUT2D eigenvalue weighted by Gasteiger charge is -2.16. The molecule has 0 aliphatic heterocycles. The van der Waals surface area contributed by atoms with Gasteiger partial charge in [0, 0.05) is 27.3 Å². The SMILES string of the molecule is CCOc1ccccc1C(N)CS(=O)c1cccc(Cl)c1. The molecule has 0 saturated heterocycles. The summed E-state index contributed by atoms with van der Waals surface area (Å²) in [6, 6.07) is 14.3. The fourth-order valence-corrected chi connectivity index (χ4v) is 3.47. The Kier molecular flexibility index (Phi) is 5.79. The van der Waals surface area contributed by atoms with E-state index < -0.39 is 10.8 Å². The molecular weight excluding hydrogens is 306 g/mol. The molecule has 2 unspecified atom stereocenters. The van der Waals surface area contributed by atoms with Gasteiger partial charge in [0.1, 0.15) is 5.75 Å². The molecule has 2 rings (SSSR count). The van der Waals surface area contributed by atoms with Crippen LogP contribution in [0.4, 0.5) is 0 Å². The standard InChI is InChI=1S/C16H18ClNO2S/c1-2-20-16-9-4-3-8-14(16)15(18)11-21(19)13-7-5-6-12(17)10-13/h3-10,15H,2,11,18H2,1H3. The number of para-hydroxylation sites is 1. The molecule has 0 spiro atoms. The van der Waals surface area contributed by atoms with Crippen molar-refractivity contribution in [3.8, 4) is 5.75 Å². The van der Waals surface area contributed by atoms with E-state index in [0.29, 0.717) is 22.3 Å². The smallest absolute Gasteiger partial charge is 0.124 e. The van der Waals surface area contributed by atoms with Crippen LogP contribution in [0.3, 0.4) is 0 Å². The minimum Gasteiger partial charge on any atom is -0.494 e. The van der Waals surface area contributed by atoms with Gasteiger partial charge in [-0.25, -0.2) is 0 Å². The minimum atomic E-state index is -1.20. The van der Waals surface area contributed by atoms with Crippen molar-refractivity contribution >= 4 is 22.4 Å². The number of rotatable bonds is 6. The number of hydrogen-bond donors (Lipinski definition) is 1. The van der Waals surface area contributed by atoms with Gasteiger partial charge in [-0.2, -0.15) is 0 Å². The highest BCUT2D eigenvalue weighted by Crippen LogP contribution is 2.25. The Hall–Kier alpha value is -1.36. The van der Waals surface area contributed by atoms with E-state index in [2.05, 4.69) is 0 Å². The highest BCUT2D eigenvalue weighted by molar-refractivity contribution is 7.85. The first-order valence-electron chi connectivity index (χ1n) is 6.73. The van der Waals surface area contributed by atoms with E-state index in [0.717, 1.165) is 11.3 Å². The van der Waals surface area contributed by atoms with Crippen LogP contribution in [0.25, 0.3) is 0 Å². The van der Waals surface area contributed by atoms with Gasteiger partial charge in [-0.1, -0.05) is 35.9 Å².